The third-order valence-corrected chi connectivity index (χ3v) is 6.17. The van der Waals surface area contributed by atoms with Gasteiger partial charge in [0.25, 0.3) is 0 Å². The van der Waals surface area contributed by atoms with Crippen molar-refractivity contribution in [2.24, 2.45) is 5.92 Å². The van der Waals surface area contributed by atoms with Crippen LogP contribution in [0.5, 0.6) is 0 Å². The van der Waals surface area contributed by atoms with E-state index in [4.69, 9.17) is 0 Å². The number of nitrogens with one attached hydrogen (secondary N) is 2. The summed E-state index contributed by atoms with van der Waals surface area (Å²) in [4.78, 5) is 3.54. The summed E-state index contributed by atoms with van der Waals surface area (Å²) in [7, 11) is 0.524. The molecule has 0 saturated carbocycles. The smallest absolute Gasteiger partial charge is 0.241 e. The number of hydrogen-bond donors (Lipinski definition) is 2. The molecule has 0 bridgehead atoms. The Balaban J connectivity index is 1.98. The lowest BCUT2D eigenvalue weighted by Crippen LogP contribution is -2.39. The van der Waals surface area contributed by atoms with Gasteiger partial charge >= 0.3 is 0 Å². The SMILES string of the molecule is CNCc1sccc1S(=O)(=O)NCC1CCCN(C)C1. The van der Waals surface area contributed by atoms with Gasteiger partial charge in [0, 0.05) is 24.5 Å². The molecule has 0 radical (unpaired) electrons. The van der Waals surface area contributed by atoms with Crippen LogP contribution >= 0.6 is 11.3 Å². The third kappa shape index (κ3) is 4.02. The zero-order chi connectivity index (χ0) is 14.6. The molecule has 0 aromatic carbocycles. The fourth-order valence-corrected chi connectivity index (χ4v) is 5.17. The number of likely N-dealkylation sites (tertiary alicyclic amines) is 1. The largest absolute Gasteiger partial charge is 0.315 e. The van der Waals surface area contributed by atoms with Crippen LogP contribution in [0.1, 0.15) is 17.7 Å². The molecule has 2 rings (SSSR count). The van der Waals surface area contributed by atoms with Gasteiger partial charge in [0.05, 0.1) is 4.90 Å². The first-order valence-corrected chi connectivity index (χ1v) is 9.28. The minimum Gasteiger partial charge on any atom is -0.315 e. The van der Waals surface area contributed by atoms with Gasteiger partial charge in [0.15, 0.2) is 0 Å². The van der Waals surface area contributed by atoms with Crippen LogP contribution in [0.15, 0.2) is 16.3 Å². The molecule has 114 valence electrons. The Hall–Kier alpha value is -0.470. The predicted octanol–water partition coefficient (Wildman–Crippen LogP) is 1.09. The summed E-state index contributed by atoms with van der Waals surface area (Å²) >= 11 is 1.47. The molecular weight excluding hydrogens is 294 g/mol. The number of nitrogens with zero attached hydrogens (tertiary/aromatic N) is 1. The molecule has 2 N–H and O–H groups in total. The van der Waals surface area contributed by atoms with Crippen LogP contribution in [0.3, 0.4) is 0 Å². The lowest BCUT2D eigenvalue weighted by molar-refractivity contribution is 0.211. The molecule has 1 aromatic rings. The van der Waals surface area contributed by atoms with Crippen molar-refractivity contribution in [3.8, 4) is 0 Å². The Morgan fingerprint density at radius 2 is 2.30 bits per heavy atom. The van der Waals surface area contributed by atoms with Gasteiger partial charge in [0.2, 0.25) is 10.0 Å². The molecular formula is C13H23N3O2S2. The molecule has 1 aromatic heterocycles. The van der Waals surface area contributed by atoms with Crippen LogP contribution in [0.4, 0.5) is 0 Å². The number of hydrogen-bond acceptors (Lipinski definition) is 5. The molecule has 7 heteroatoms. The minimum absolute atomic E-state index is 0.412. The Kier molecular flexibility index (Phi) is 5.57. The Labute approximate surface area is 125 Å². The van der Waals surface area contributed by atoms with Gasteiger partial charge in [-0.25, -0.2) is 13.1 Å². The van der Waals surface area contributed by atoms with Gasteiger partial charge in [0.1, 0.15) is 0 Å². The van der Waals surface area contributed by atoms with Gasteiger partial charge in [-0.2, -0.15) is 0 Å². The highest BCUT2D eigenvalue weighted by Crippen LogP contribution is 2.22. The summed E-state index contributed by atoms with van der Waals surface area (Å²) < 4.78 is 27.5. The second kappa shape index (κ2) is 7.00. The van der Waals surface area contributed by atoms with Gasteiger partial charge < -0.3 is 10.2 Å². The van der Waals surface area contributed by atoms with Crippen LogP contribution in [0, 0.1) is 5.92 Å². The van der Waals surface area contributed by atoms with Gasteiger partial charge in [-0.05, 0) is 50.8 Å². The number of piperidine rings is 1. The zero-order valence-electron chi connectivity index (χ0n) is 12.1. The standard InChI is InChI=1S/C13H23N3O2S2/c1-14-9-12-13(5-7-19-12)20(17,18)15-8-11-4-3-6-16(2)10-11/h5,7,11,14-15H,3-4,6,8-10H2,1-2H3. The summed E-state index contributed by atoms with van der Waals surface area (Å²) in [6.07, 6.45) is 2.24. The lowest BCUT2D eigenvalue weighted by Gasteiger charge is -2.29. The van der Waals surface area contributed by atoms with Crippen molar-refractivity contribution in [1.29, 1.82) is 0 Å². The third-order valence-electron chi connectivity index (χ3n) is 3.62. The second-order valence-corrected chi connectivity index (χ2v) is 8.10. The average Bonchev–Trinajstić information content (AvgIpc) is 2.86. The molecule has 0 aliphatic carbocycles. The highest BCUT2D eigenvalue weighted by molar-refractivity contribution is 7.89. The van der Waals surface area contributed by atoms with Crippen LogP contribution < -0.4 is 10.0 Å². The van der Waals surface area contributed by atoms with E-state index >= 15 is 0 Å². The Morgan fingerprint density at radius 3 is 3.00 bits per heavy atom. The molecule has 1 saturated heterocycles. The van der Waals surface area contributed by atoms with E-state index in [1.807, 2.05) is 12.4 Å². The maximum atomic E-state index is 12.4. The molecule has 0 spiro atoms. The van der Waals surface area contributed by atoms with Crippen molar-refractivity contribution in [3.63, 3.8) is 0 Å². The summed E-state index contributed by atoms with van der Waals surface area (Å²) in [6, 6.07) is 1.69. The van der Waals surface area contributed by atoms with Crippen molar-refractivity contribution in [2.75, 3.05) is 33.7 Å². The van der Waals surface area contributed by atoms with Crippen molar-refractivity contribution < 1.29 is 8.42 Å². The van der Waals surface area contributed by atoms with E-state index in [0.717, 1.165) is 30.8 Å². The lowest BCUT2D eigenvalue weighted by atomic mass is 9.99. The number of sulfonamides is 1. The first-order valence-electron chi connectivity index (χ1n) is 6.92. The van der Waals surface area contributed by atoms with Crippen molar-refractivity contribution >= 4 is 21.4 Å². The van der Waals surface area contributed by atoms with Gasteiger partial charge in [-0.3, -0.25) is 0 Å². The summed E-state index contributed by atoms with van der Waals surface area (Å²) in [5, 5.41) is 4.83. The molecule has 2 heterocycles. The fourth-order valence-electron chi connectivity index (χ4n) is 2.60. The first-order chi connectivity index (χ1) is 9.53. The van der Waals surface area contributed by atoms with Crippen molar-refractivity contribution in [2.45, 2.75) is 24.3 Å². The second-order valence-electron chi connectivity index (χ2n) is 5.36. The Morgan fingerprint density at radius 1 is 1.50 bits per heavy atom. The van der Waals surface area contributed by atoms with Crippen molar-refractivity contribution in [3.05, 3.63) is 16.3 Å². The molecule has 1 atom stereocenters. The van der Waals surface area contributed by atoms with Gasteiger partial charge in [-0.15, -0.1) is 11.3 Å². The van der Waals surface area contributed by atoms with E-state index in [-0.39, 0.29) is 0 Å². The van der Waals surface area contributed by atoms with E-state index in [2.05, 4.69) is 22.0 Å². The summed E-state index contributed by atoms with van der Waals surface area (Å²) in [5.41, 5.74) is 0. The van der Waals surface area contributed by atoms with Gasteiger partial charge in [-0.1, -0.05) is 0 Å². The molecule has 1 aliphatic rings. The molecule has 5 nitrogen and oxygen atoms in total. The summed E-state index contributed by atoms with van der Waals surface area (Å²) in [6.45, 7) is 3.19. The quantitative estimate of drug-likeness (QED) is 0.824. The highest BCUT2D eigenvalue weighted by Gasteiger charge is 2.23. The zero-order valence-corrected chi connectivity index (χ0v) is 13.7. The molecule has 1 unspecified atom stereocenters. The van der Waals surface area contributed by atoms with Crippen LogP contribution in [0.25, 0.3) is 0 Å². The molecule has 0 amide bonds. The van der Waals surface area contributed by atoms with E-state index in [1.54, 1.807) is 6.07 Å². The molecule has 1 aliphatic heterocycles. The average molecular weight is 317 g/mol. The van der Waals surface area contributed by atoms with E-state index in [0.29, 0.717) is 23.9 Å². The first kappa shape index (κ1) is 15.9. The number of thiophene rings is 1. The maximum absolute atomic E-state index is 12.4. The minimum atomic E-state index is -3.38. The van der Waals surface area contributed by atoms with Crippen LogP contribution in [-0.4, -0.2) is 47.0 Å². The number of rotatable bonds is 6. The van der Waals surface area contributed by atoms with E-state index in [1.165, 1.54) is 11.3 Å². The van der Waals surface area contributed by atoms with E-state index < -0.39 is 10.0 Å². The summed E-state index contributed by atoms with van der Waals surface area (Å²) in [5.74, 6) is 0.412. The predicted molar refractivity (Wildman–Crippen MR) is 82.5 cm³/mol. The van der Waals surface area contributed by atoms with Crippen LogP contribution in [0.2, 0.25) is 0 Å². The Bertz CT molecular complexity index is 527. The normalized spacial score (nSPS) is 21.2. The highest BCUT2D eigenvalue weighted by atomic mass is 32.2. The van der Waals surface area contributed by atoms with E-state index in [9.17, 15) is 8.42 Å². The maximum Gasteiger partial charge on any atom is 0.241 e. The fraction of sp³-hybridized carbons (Fsp3) is 0.692. The monoisotopic (exact) mass is 317 g/mol. The molecule has 1 fully saturated rings. The van der Waals surface area contributed by atoms with Crippen LogP contribution in [-0.2, 0) is 16.6 Å². The topological polar surface area (TPSA) is 61.4 Å². The molecule has 20 heavy (non-hydrogen) atoms. The van der Waals surface area contributed by atoms with Crippen molar-refractivity contribution in [1.82, 2.24) is 14.9 Å².